The van der Waals surface area contributed by atoms with Crippen molar-refractivity contribution >= 4 is 33.4 Å². The van der Waals surface area contributed by atoms with Gasteiger partial charge in [-0.15, -0.1) is 5.10 Å². The minimum atomic E-state index is -0.351. The van der Waals surface area contributed by atoms with Crippen molar-refractivity contribution in [2.75, 3.05) is 0 Å². The number of nitrogens with zero attached hydrogens (tertiary/aromatic N) is 2. The van der Waals surface area contributed by atoms with Gasteiger partial charge in [-0.1, -0.05) is 20.4 Å². The van der Waals surface area contributed by atoms with Gasteiger partial charge in [0.15, 0.2) is 0 Å². The molecule has 7 heteroatoms. The van der Waals surface area contributed by atoms with Crippen LogP contribution < -0.4 is 5.32 Å². The van der Waals surface area contributed by atoms with Crippen molar-refractivity contribution in [2.45, 2.75) is 6.54 Å². The third kappa shape index (κ3) is 3.07. The lowest BCUT2D eigenvalue weighted by Crippen LogP contribution is -2.22. The highest BCUT2D eigenvalue weighted by Crippen LogP contribution is 2.15. The first kappa shape index (κ1) is 12.1. The lowest BCUT2D eigenvalue weighted by Gasteiger charge is -2.05. The van der Waals surface area contributed by atoms with E-state index >= 15 is 0 Å². The largest absolute Gasteiger partial charge is 0.347 e. The van der Waals surface area contributed by atoms with Gasteiger partial charge < -0.3 is 5.32 Å². The zero-order valence-corrected chi connectivity index (χ0v) is 10.9. The minimum Gasteiger partial charge on any atom is -0.347 e. The predicted molar refractivity (Wildman–Crippen MR) is 65.2 cm³/mol. The third-order valence-electron chi connectivity index (χ3n) is 2.03. The van der Waals surface area contributed by atoms with Gasteiger partial charge in [-0.05, 0) is 29.7 Å². The second-order valence-corrected chi connectivity index (χ2v) is 4.90. The molecule has 0 saturated heterocycles. The van der Waals surface area contributed by atoms with E-state index in [2.05, 4.69) is 30.8 Å². The predicted octanol–water partition coefficient (Wildman–Crippen LogP) is 2.37. The number of carbonyl (C=O) groups excluding carboxylic acids is 1. The molecule has 0 atom stereocenters. The third-order valence-corrected chi connectivity index (χ3v) is 3.19. The van der Waals surface area contributed by atoms with E-state index in [-0.39, 0.29) is 18.3 Å². The van der Waals surface area contributed by atoms with E-state index in [9.17, 15) is 9.18 Å². The minimum absolute atomic E-state index is 0.127. The summed E-state index contributed by atoms with van der Waals surface area (Å²) >= 11 is 4.24. The molecule has 0 unspecified atom stereocenters. The fourth-order valence-electron chi connectivity index (χ4n) is 1.21. The van der Waals surface area contributed by atoms with E-state index < -0.39 is 0 Å². The Kier molecular flexibility index (Phi) is 3.80. The number of halogens is 2. The summed E-state index contributed by atoms with van der Waals surface area (Å²) < 4.78 is 17.7. The fraction of sp³-hybridized carbons (Fsp3) is 0.100. The Labute approximate surface area is 109 Å². The van der Waals surface area contributed by atoms with Crippen molar-refractivity contribution < 1.29 is 9.18 Å². The fourth-order valence-corrected chi connectivity index (χ4v) is 2.05. The lowest BCUT2D eigenvalue weighted by molar-refractivity contribution is 0.0954. The van der Waals surface area contributed by atoms with Crippen LogP contribution in [0.5, 0.6) is 0 Å². The Morgan fingerprint density at radius 2 is 2.35 bits per heavy atom. The van der Waals surface area contributed by atoms with Gasteiger partial charge in [-0.25, -0.2) is 4.39 Å². The van der Waals surface area contributed by atoms with Crippen molar-refractivity contribution in [3.05, 3.63) is 45.1 Å². The Morgan fingerprint density at radius 3 is 3.06 bits per heavy atom. The maximum absolute atomic E-state index is 13.4. The monoisotopic (exact) mass is 315 g/mol. The first-order valence-corrected chi connectivity index (χ1v) is 6.23. The Hall–Kier alpha value is -1.34. The molecule has 0 spiro atoms. The average Bonchev–Trinajstić information content (AvgIpc) is 2.83. The Bertz CT molecular complexity index is 532. The SMILES string of the molecule is O=C(NCc1cc(Br)ccc1F)c1cnns1. The van der Waals surface area contributed by atoms with Gasteiger partial charge >= 0.3 is 0 Å². The summed E-state index contributed by atoms with van der Waals surface area (Å²) in [7, 11) is 0. The lowest BCUT2D eigenvalue weighted by atomic mass is 10.2. The van der Waals surface area contributed by atoms with Crippen LogP contribution in [0.25, 0.3) is 0 Å². The number of hydrogen-bond donors (Lipinski definition) is 1. The van der Waals surface area contributed by atoms with Crippen molar-refractivity contribution in [3.8, 4) is 0 Å². The molecule has 2 rings (SSSR count). The zero-order valence-electron chi connectivity index (χ0n) is 8.48. The van der Waals surface area contributed by atoms with E-state index in [0.717, 1.165) is 16.0 Å². The second kappa shape index (κ2) is 5.33. The molecule has 2 aromatic rings. The first-order chi connectivity index (χ1) is 8.16. The molecule has 0 fully saturated rings. The molecule has 0 aliphatic carbocycles. The molecule has 4 nitrogen and oxygen atoms in total. The molecule has 0 aliphatic rings. The van der Waals surface area contributed by atoms with Crippen LogP contribution in [0.2, 0.25) is 0 Å². The molecule has 1 heterocycles. The summed E-state index contributed by atoms with van der Waals surface area (Å²) in [6, 6.07) is 4.58. The molecule has 1 aromatic carbocycles. The van der Waals surface area contributed by atoms with Crippen LogP contribution in [0, 0.1) is 5.82 Å². The quantitative estimate of drug-likeness (QED) is 0.946. The highest BCUT2D eigenvalue weighted by atomic mass is 79.9. The smallest absolute Gasteiger partial charge is 0.264 e. The maximum Gasteiger partial charge on any atom is 0.264 e. The van der Waals surface area contributed by atoms with Gasteiger partial charge in [-0.3, -0.25) is 4.79 Å². The number of amides is 1. The number of aromatic nitrogens is 2. The van der Waals surface area contributed by atoms with Crippen LogP contribution in [0.15, 0.2) is 28.9 Å². The molecule has 0 radical (unpaired) electrons. The molecule has 17 heavy (non-hydrogen) atoms. The molecule has 0 aliphatic heterocycles. The van der Waals surface area contributed by atoms with Gasteiger partial charge in [0.2, 0.25) is 0 Å². The molecule has 1 amide bonds. The zero-order chi connectivity index (χ0) is 12.3. The normalized spacial score (nSPS) is 10.2. The molecule has 0 saturated carbocycles. The standard InChI is InChI=1S/C10H7BrFN3OS/c11-7-1-2-8(12)6(3-7)4-13-10(16)9-5-14-15-17-9/h1-3,5H,4H2,(H,13,16). The molecule has 0 bridgehead atoms. The van der Waals surface area contributed by atoms with Crippen LogP contribution in [0.3, 0.4) is 0 Å². The summed E-state index contributed by atoms with van der Waals surface area (Å²) in [5.74, 6) is -0.657. The first-order valence-electron chi connectivity index (χ1n) is 4.66. The number of benzene rings is 1. The number of nitrogens with one attached hydrogen (secondary N) is 1. The molecule has 88 valence electrons. The second-order valence-electron chi connectivity index (χ2n) is 3.20. The Balaban J connectivity index is 2.03. The number of rotatable bonds is 3. The maximum atomic E-state index is 13.4. The summed E-state index contributed by atoms with van der Waals surface area (Å²) in [5.41, 5.74) is 0.421. The molecule has 1 aromatic heterocycles. The summed E-state index contributed by atoms with van der Waals surface area (Å²) in [6.07, 6.45) is 1.37. The van der Waals surface area contributed by atoms with Gasteiger partial charge in [0.05, 0.1) is 6.20 Å². The topological polar surface area (TPSA) is 54.9 Å². The van der Waals surface area contributed by atoms with Gasteiger partial charge in [0, 0.05) is 16.6 Å². The molecular weight excluding hydrogens is 309 g/mol. The van der Waals surface area contributed by atoms with E-state index in [1.807, 2.05) is 0 Å². The summed E-state index contributed by atoms with van der Waals surface area (Å²) in [4.78, 5) is 12.0. The van der Waals surface area contributed by atoms with E-state index in [4.69, 9.17) is 0 Å². The van der Waals surface area contributed by atoms with Gasteiger partial charge in [0.1, 0.15) is 10.7 Å². The van der Waals surface area contributed by atoms with Crippen LogP contribution in [0.4, 0.5) is 4.39 Å². The highest BCUT2D eigenvalue weighted by molar-refractivity contribution is 9.10. The van der Waals surface area contributed by atoms with Crippen molar-refractivity contribution in [1.82, 2.24) is 14.9 Å². The van der Waals surface area contributed by atoms with E-state index in [0.29, 0.717) is 10.4 Å². The van der Waals surface area contributed by atoms with E-state index in [1.165, 1.54) is 12.3 Å². The molecule has 1 N–H and O–H groups in total. The van der Waals surface area contributed by atoms with Crippen molar-refractivity contribution in [3.63, 3.8) is 0 Å². The van der Waals surface area contributed by atoms with Gasteiger partial charge in [0.25, 0.3) is 5.91 Å². The summed E-state index contributed by atoms with van der Waals surface area (Å²) in [5, 5.41) is 6.16. The molecular formula is C10H7BrFN3OS. The summed E-state index contributed by atoms with van der Waals surface area (Å²) in [6.45, 7) is 0.127. The van der Waals surface area contributed by atoms with Crippen LogP contribution in [0.1, 0.15) is 15.2 Å². The average molecular weight is 316 g/mol. The van der Waals surface area contributed by atoms with Crippen LogP contribution >= 0.6 is 27.5 Å². The van der Waals surface area contributed by atoms with Gasteiger partial charge in [-0.2, -0.15) is 0 Å². The number of carbonyl (C=O) groups is 1. The van der Waals surface area contributed by atoms with Crippen molar-refractivity contribution in [2.24, 2.45) is 0 Å². The van der Waals surface area contributed by atoms with Crippen LogP contribution in [-0.4, -0.2) is 15.5 Å². The highest BCUT2D eigenvalue weighted by Gasteiger charge is 2.09. The number of hydrogen-bond acceptors (Lipinski definition) is 4. The van der Waals surface area contributed by atoms with E-state index in [1.54, 1.807) is 12.1 Å². The Morgan fingerprint density at radius 1 is 1.53 bits per heavy atom. The van der Waals surface area contributed by atoms with Crippen LogP contribution in [-0.2, 0) is 6.54 Å². The van der Waals surface area contributed by atoms with Crippen molar-refractivity contribution in [1.29, 1.82) is 0 Å².